The molecule has 134 valence electrons. The zero-order valence-corrected chi connectivity index (χ0v) is 15.1. The van der Waals surface area contributed by atoms with E-state index in [0.29, 0.717) is 25.7 Å². The molecule has 1 aliphatic carbocycles. The minimum absolute atomic E-state index is 0.278. The molecule has 0 spiro atoms. The van der Waals surface area contributed by atoms with Crippen molar-refractivity contribution in [2.24, 2.45) is 0 Å². The summed E-state index contributed by atoms with van der Waals surface area (Å²) in [6.45, 7) is 1.67. The Kier molecular flexibility index (Phi) is 5.87. The SMILES string of the molecule is COc1ccc(C2(COC(C)=O)CCC(OS(C)(=O)=O)CC2)cc1. The number of methoxy groups -OCH3 is 1. The first-order chi connectivity index (χ1) is 11.2. The van der Waals surface area contributed by atoms with E-state index in [-0.39, 0.29) is 24.1 Å². The lowest BCUT2D eigenvalue weighted by Gasteiger charge is -2.39. The Bertz CT molecular complexity index is 657. The minimum Gasteiger partial charge on any atom is -0.497 e. The first-order valence-corrected chi connectivity index (χ1v) is 9.72. The quantitative estimate of drug-likeness (QED) is 0.575. The van der Waals surface area contributed by atoms with Crippen LogP contribution in [0.1, 0.15) is 38.2 Å². The second kappa shape index (κ2) is 7.53. The van der Waals surface area contributed by atoms with E-state index in [1.54, 1.807) is 7.11 Å². The lowest BCUT2D eigenvalue weighted by atomic mass is 9.69. The van der Waals surface area contributed by atoms with Crippen molar-refractivity contribution in [2.45, 2.75) is 44.1 Å². The molecule has 0 amide bonds. The summed E-state index contributed by atoms with van der Waals surface area (Å²) in [5.41, 5.74) is 0.734. The highest BCUT2D eigenvalue weighted by atomic mass is 32.2. The molecule has 0 unspecified atom stereocenters. The average Bonchev–Trinajstić information content (AvgIpc) is 2.53. The van der Waals surface area contributed by atoms with Gasteiger partial charge in [0.25, 0.3) is 10.1 Å². The summed E-state index contributed by atoms with van der Waals surface area (Å²) in [6.07, 6.45) is 3.32. The van der Waals surface area contributed by atoms with Crippen molar-refractivity contribution in [1.29, 1.82) is 0 Å². The van der Waals surface area contributed by atoms with Crippen LogP contribution in [0.3, 0.4) is 0 Å². The maximum Gasteiger partial charge on any atom is 0.302 e. The fourth-order valence-corrected chi connectivity index (χ4v) is 3.87. The molecule has 0 heterocycles. The summed E-state index contributed by atoms with van der Waals surface area (Å²) < 4.78 is 38.2. The van der Waals surface area contributed by atoms with Crippen molar-refractivity contribution in [1.82, 2.24) is 0 Å². The van der Waals surface area contributed by atoms with Crippen LogP contribution in [-0.2, 0) is 29.2 Å². The van der Waals surface area contributed by atoms with Gasteiger partial charge in [-0.3, -0.25) is 8.98 Å². The van der Waals surface area contributed by atoms with Gasteiger partial charge in [-0.2, -0.15) is 8.42 Å². The molecule has 0 bridgehead atoms. The van der Waals surface area contributed by atoms with E-state index in [0.717, 1.165) is 17.6 Å². The van der Waals surface area contributed by atoms with Crippen molar-refractivity contribution < 1.29 is 26.9 Å². The average molecular weight is 356 g/mol. The van der Waals surface area contributed by atoms with Crippen LogP contribution in [0.15, 0.2) is 24.3 Å². The van der Waals surface area contributed by atoms with Gasteiger partial charge in [-0.25, -0.2) is 0 Å². The smallest absolute Gasteiger partial charge is 0.302 e. The molecule has 0 aromatic heterocycles. The Balaban J connectivity index is 2.17. The standard InChI is InChI=1S/C17H24O6S/c1-13(18)22-12-17(14-4-6-15(21-2)7-5-14)10-8-16(9-11-17)23-24(3,19)20/h4-7,16H,8-12H2,1-3H3. The molecule has 0 radical (unpaired) electrons. The van der Waals surface area contributed by atoms with Gasteiger partial charge in [-0.1, -0.05) is 12.1 Å². The molecule has 1 aromatic carbocycles. The Labute approximate surface area is 143 Å². The third-order valence-electron chi connectivity index (χ3n) is 4.45. The number of hydrogen-bond donors (Lipinski definition) is 0. The third-order valence-corrected chi connectivity index (χ3v) is 5.08. The largest absolute Gasteiger partial charge is 0.497 e. The van der Waals surface area contributed by atoms with Crippen LogP contribution in [0, 0.1) is 0 Å². The van der Waals surface area contributed by atoms with Crippen molar-refractivity contribution in [3.8, 4) is 5.75 Å². The van der Waals surface area contributed by atoms with Crippen LogP contribution in [0.25, 0.3) is 0 Å². The molecule has 6 nitrogen and oxygen atoms in total. The molecule has 1 aliphatic rings. The molecule has 0 saturated heterocycles. The first kappa shape index (κ1) is 18.7. The highest BCUT2D eigenvalue weighted by Gasteiger charge is 2.39. The van der Waals surface area contributed by atoms with Gasteiger partial charge < -0.3 is 9.47 Å². The lowest BCUT2D eigenvalue weighted by molar-refractivity contribution is -0.143. The molecular weight excluding hydrogens is 332 g/mol. The number of rotatable bonds is 6. The summed E-state index contributed by atoms with van der Waals surface area (Å²) in [4.78, 5) is 11.3. The van der Waals surface area contributed by atoms with E-state index in [1.807, 2.05) is 24.3 Å². The molecule has 1 aromatic rings. The zero-order chi connectivity index (χ0) is 17.8. The third kappa shape index (κ3) is 4.95. The number of ether oxygens (including phenoxy) is 2. The molecular formula is C17H24O6S. The van der Waals surface area contributed by atoms with E-state index in [9.17, 15) is 13.2 Å². The minimum atomic E-state index is -3.46. The highest BCUT2D eigenvalue weighted by molar-refractivity contribution is 7.86. The molecule has 0 N–H and O–H groups in total. The molecule has 7 heteroatoms. The number of hydrogen-bond acceptors (Lipinski definition) is 6. The summed E-state index contributed by atoms with van der Waals surface area (Å²) in [5.74, 6) is 0.438. The van der Waals surface area contributed by atoms with Gasteiger partial charge in [0.1, 0.15) is 12.4 Å². The second-order valence-electron chi connectivity index (χ2n) is 6.29. The molecule has 24 heavy (non-hydrogen) atoms. The summed E-state index contributed by atoms with van der Waals surface area (Å²) >= 11 is 0. The van der Waals surface area contributed by atoms with E-state index in [2.05, 4.69) is 0 Å². The van der Waals surface area contributed by atoms with E-state index < -0.39 is 10.1 Å². The van der Waals surface area contributed by atoms with Gasteiger partial charge in [0.2, 0.25) is 0 Å². The summed E-state index contributed by atoms with van der Waals surface area (Å²) in [6, 6.07) is 7.70. The van der Waals surface area contributed by atoms with E-state index in [1.165, 1.54) is 6.92 Å². The Morgan fingerprint density at radius 1 is 1.21 bits per heavy atom. The Hall–Kier alpha value is -1.60. The highest BCUT2D eigenvalue weighted by Crippen LogP contribution is 2.41. The van der Waals surface area contributed by atoms with Crippen LogP contribution in [-0.4, -0.2) is 40.5 Å². The van der Waals surface area contributed by atoms with Crippen molar-refractivity contribution >= 4 is 16.1 Å². The summed E-state index contributed by atoms with van der Waals surface area (Å²) in [7, 11) is -1.85. The van der Waals surface area contributed by atoms with Gasteiger partial charge in [-0.05, 0) is 43.4 Å². The predicted octanol–water partition coefficient (Wildman–Crippen LogP) is 2.41. The molecule has 2 rings (SSSR count). The van der Waals surface area contributed by atoms with Gasteiger partial charge in [0.05, 0.1) is 19.5 Å². The number of carbonyl (C=O) groups excluding carboxylic acids is 1. The topological polar surface area (TPSA) is 78.9 Å². The zero-order valence-electron chi connectivity index (χ0n) is 14.3. The van der Waals surface area contributed by atoms with Gasteiger partial charge in [0, 0.05) is 12.3 Å². The molecule has 0 atom stereocenters. The molecule has 0 aliphatic heterocycles. The first-order valence-electron chi connectivity index (χ1n) is 7.90. The van der Waals surface area contributed by atoms with Gasteiger partial charge >= 0.3 is 5.97 Å². The lowest BCUT2D eigenvalue weighted by Crippen LogP contribution is -2.39. The fourth-order valence-electron chi connectivity index (χ4n) is 3.19. The maximum atomic E-state index is 11.3. The van der Waals surface area contributed by atoms with E-state index >= 15 is 0 Å². The van der Waals surface area contributed by atoms with Crippen LogP contribution in [0.2, 0.25) is 0 Å². The van der Waals surface area contributed by atoms with Gasteiger partial charge in [-0.15, -0.1) is 0 Å². The Morgan fingerprint density at radius 2 is 1.79 bits per heavy atom. The van der Waals surface area contributed by atoms with Crippen LogP contribution in [0.4, 0.5) is 0 Å². The normalized spacial score (nSPS) is 24.4. The second-order valence-corrected chi connectivity index (χ2v) is 7.89. The van der Waals surface area contributed by atoms with Crippen LogP contribution < -0.4 is 4.74 Å². The maximum absolute atomic E-state index is 11.3. The summed E-state index contributed by atoms with van der Waals surface area (Å²) in [5, 5.41) is 0. The molecule has 1 fully saturated rings. The number of esters is 1. The van der Waals surface area contributed by atoms with Crippen LogP contribution in [0.5, 0.6) is 5.75 Å². The van der Waals surface area contributed by atoms with Crippen molar-refractivity contribution in [3.63, 3.8) is 0 Å². The molecule has 1 saturated carbocycles. The number of carbonyl (C=O) groups is 1. The van der Waals surface area contributed by atoms with Gasteiger partial charge in [0.15, 0.2) is 0 Å². The Morgan fingerprint density at radius 3 is 2.25 bits per heavy atom. The monoisotopic (exact) mass is 356 g/mol. The fraction of sp³-hybridized carbons (Fsp3) is 0.588. The van der Waals surface area contributed by atoms with Crippen molar-refractivity contribution in [2.75, 3.05) is 20.0 Å². The van der Waals surface area contributed by atoms with Crippen molar-refractivity contribution in [3.05, 3.63) is 29.8 Å². The van der Waals surface area contributed by atoms with E-state index in [4.69, 9.17) is 13.7 Å². The number of benzene rings is 1. The van der Waals surface area contributed by atoms with Crippen LogP contribution >= 0.6 is 0 Å². The predicted molar refractivity (Wildman–Crippen MR) is 89.5 cm³/mol.